The number of aryl methyl sites for hydroxylation is 1. The summed E-state index contributed by atoms with van der Waals surface area (Å²) >= 11 is 0. The van der Waals surface area contributed by atoms with Gasteiger partial charge in [0.25, 0.3) is 15.9 Å². The van der Waals surface area contributed by atoms with Gasteiger partial charge < -0.3 is 9.47 Å². The Kier molecular flexibility index (Phi) is 7.68. The highest BCUT2D eigenvalue weighted by Gasteiger charge is 2.28. The molecule has 0 aliphatic rings. The topological polar surface area (TPSA) is 97.3 Å². The van der Waals surface area contributed by atoms with E-state index in [0.29, 0.717) is 22.7 Å². The second-order valence-electron chi connectivity index (χ2n) is 6.99. The van der Waals surface area contributed by atoms with Crippen molar-refractivity contribution in [2.75, 3.05) is 25.1 Å². The largest absolute Gasteiger partial charge is 0.493 e. The molecule has 33 heavy (non-hydrogen) atoms. The summed E-state index contributed by atoms with van der Waals surface area (Å²) in [5, 5.41) is 3.97. The molecule has 0 heterocycles. The first kappa shape index (κ1) is 23.8. The van der Waals surface area contributed by atoms with Gasteiger partial charge in [-0.15, -0.1) is 0 Å². The lowest BCUT2D eigenvalue weighted by atomic mass is 10.2. The second-order valence-corrected chi connectivity index (χ2v) is 8.85. The average Bonchev–Trinajstić information content (AvgIpc) is 2.83. The molecule has 3 aromatic rings. The molecule has 0 saturated carbocycles. The number of para-hydroxylation sites is 2. The molecule has 9 heteroatoms. The highest BCUT2D eigenvalue weighted by atomic mass is 32.2. The number of nitrogens with one attached hydrogen (secondary N) is 1. The number of carbonyl (C=O) groups excluding carboxylic acids is 1. The minimum absolute atomic E-state index is 0.0886. The molecule has 3 rings (SSSR count). The van der Waals surface area contributed by atoms with Crippen LogP contribution in [0.25, 0.3) is 0 Å². The summed E-state index contributed by atoms with van der Waals surface area (Å²) in [6.07, 6.45) is 1.41. The number of hydrogen-bond donors (Lipinski definition) is 1. The van der Waals surface area contributed by atoms with E-state index in [1.54, 1.807) is 67.6 Å². The summed E-state index contributed by atoms with van der Waals surface area (Å²) in [5.74, 6) is 0.384. The lowest BCUT2D eigenvalue weighted by Gasteiger charge is -2.25. The van der Waals surface area contributed by atoms with Crippen molar-refractivity contribution in [3.05, 3.63) is 83.9 Å². The predicted molar refractivity (Wildman–Crippen MR) is 127 cm³/mol. The number of carbonyl (C=O) groups is 1. The lowest BCUT2D eigenvalue weighted by Crippen LogP contribution is -2.40. The molecular formula is C24H25N3O5S. The number of rotatable bonds is 9. The summed E-state index contributed by atoms with van der Waals surface area (Å²) in [6.45, 7) is 1.34. The highest BCUT2D eigenvalue weighted by Crippen LogP contribution is 2.29. The van der Waals surface area contributed by atoms with Crippen molar-refractivity contribution in [1.29, 1.82) is 0 Å². The van der Waals surface area contributed by atoms with E-state index in [-0.39, 0.29) is 4.90 Å². The van der Waals surface area contributed by atoms with Gasteiger partial charge in [0.2, 0.25) is 0 Å². The molecule has 0 bridgehead atoms. The van der Waals surface area contributed by atoms with E-state index in [9.17, 15) is 13.2 Å². The Morgan fingerprint density at radius 1 is 0.970 bits per heavy atom. The van der Waals surface area contributed by atoms with Crippen LogP contribution in [0.1, 0.15) is 11.1 Å². The molecule has 0 aliphatic carbocycles. The quantitative estimate of drug-likeness (QED) is 0.384. The smallest absolute Gasteiger partial charge is 0.264 e. The Bertz CT molecular complexity index is 1240. The van der Waals surface area contributed by atoms with E-state index in [0.717, 1.165) is 9.87 Å². The lowest BCUT2D eigenvalue weighted by molar-refractivity contribution is -0.119. The Morgan fingerprint density at radius 3 is 2.33 bits per heavy atom. The fourth-order valence-electron chi connectivity index (χ4n) is 3.22. The van der Waals surface area contributed by atoms with Crippen molar-refractivity contribution < 1.29 is 22.7 Å². The third-order valence-electron chi connectivity index (χ3n) is 4.83. The van der Waals surface area contributed by atoms with Gasteiger partial charge in [0.1, 0.15) is 6.54 Å². The maximum Gasteiger partial charge on any atom is 0.264 e. The van der Waals surface area contributed by atoms with Crippen LogP contribution in [0.4, 0.5) is 5.69 Å². The van der Waals surface area contributed by atoms with E-state index in [4.69, 9.17) is 9.47 Å². The highest BCUT2D eigenvalue weighted by molar-refractivity contribution is 7.92. The average molecular weight is 468 g/mol. The van der Waals surface area contributed by atoms with Crippen LogP contribution in [0.15, 0.2) is 82.8 Å². The summed E-state index contributed by atoms with van der Waals surface area (Å²) in [6, 6.07) is 20.2. The standard InChI is InChI=1S/C24H25N3O5S/c1-18-10-7-8-14-21(18)27(33(29,30)20-12-5-4-6-13-20)17-23(28)26-25-16-19-11-9-15-22(31-2)24(19)32-3/h4-16H,17H2,1-3H3,(H,26,28)/b25-16-. The van der Waals surface area contributed by atoms with Crippen molar-refractivity contribution in [3.8, 4) is 11.5 Å². The third kappa shape index (κ3) is 5.50. The van der Waals surface area contributed by atoms with Crippen LogP contribution in [0, 0.1) is 6.92 Å². The zero-order chi connectivity index (χ0) is 23.8. The Labute approximate surface area is 193 Å². The van der Waals surface area contributed by atoms with Gasteiger partial charge in [-0.2, -0.15) is 5.10 Å². The van der Waals surface area contributed by atoms with Crippen molar-refractivity contribution in [2.24, 2.45) is 5.10 Å². The monoisotopic (exact) mass is 467 g/mol. The van der Waals surface area contributed by atoms with Crippen molar-refractivity contribution in [1.82, 2.24) is 5.43 Å². The fraction of sp³-hybridized carbons (Fsp3) is 0.167. The summed E-state index contributed by atoms with van der Waals surface area (Å²) in [5.41, 5.74) is 4.11. The van der Waals surface area contributed by atoms with Crippen molar-refractivity contribution in [2.45, 2.75) is 11.8 Å². The fourth-order valence-corrected chi connectivity index (χ4v) is 4.72. The van der Waals surface area contributed by atoms with E-state index >= 15 is 0 Å². The number of hydrogen-bond acceptors (Lipinski definition) is 6. The van der Waals surface area contributed by atoms with Gasteiger partial charge >= 0.3 is 0 Å². The minimum atomic E-state index is -3.98. The zero-order valence-corrected chi connectivity index (χ0v) is 19.4. The van der Waals surface area contributed by atoms with E-state index in [1.807, 2.05) is 0 Å². The first-order chi connectivity index (χ1) is 15.9. The van der Waals surface area contributed by atoms with Crippen LogP contribution in [0.2, 0.25) is 0 Å². The third-order valence-corrected chi connectivity index (χ3v) is 6.60. The van der Waals surface area contributed by atoms with Crippen LogP contribution in [0.3, 0.4) is 0 Å². The molecule has 0 atom stereocenters. The molecule has 1 N–H and O–H groups in total. The van der Waals surface area contributed by atoms with Crippen LogP contribution in [-0.4, -0.2) is 41.3 Å². The van der Waals surface area contributed by atoms with Gasteiger partial charge in [0.15, 0.2) is 11.5 Å². The van der Waals surface area contributed by atoms with Gasteiger partial charge in [-0.25, -0.2) is 13.8 Å². The molecular weight excluding hydrogens is 442 g/mol. The molecule has 0 unspecified atom stereocenters. The Balaban J connectivity index is 1.85. The van der Waals surface area contributed by atoms with Gasteiger partial charge in [0.05, 0.1) is 31.0 Å². The van der Waals surface area contributed by atoms with Gasteiger partial charge in [-0.05, 0) is 42.8 Å². The van der Waals surface area contributed by atoms with Crippen LogP contribution < -0.4 is 19.2 Å². The number of hydrazone groups is 1. The molecule has 0 aromatic heterocycles. The Hall–Kier alpha value is -3.85. The van der Waals surface area contributed by atoms with Crippen LogP contribution >= 0.6 is 0 Å². The number of amides is 1. The number of sulfonamides is 1. The molecule has 0 fully saturated rings. The summed E-state index contributed by atoms with van der Waals surface area (Å²) in [4.78, 5) is 12.8. The second kappa shape index (κ2) is 10.6. The van der Waals surface area contributed by atoms with Gasteiger partial charge in [0, 0.05) is 5.56 Å². The first-order valence-corrected chi connectivity index (χ1v) is 11.5. The number of anilines is 1. The Morgan fingerprint density at radius 2 is 1.67 bits per heavy atom. The van der Waals surface area contributed by atoms with E-state index in [1.165, 1.54) is 32.6 Å². The van der Waals surface area contributed by atoms with Gasteiger partial charge in [-0.3, -0.25) is 9.10 Å². The van der Waals surface area contributed by atoms with Crippen molar-refractivity contribution >= 4 is 27.8 Å². The molecule has 0 aliphatic heterocycles. The first-order valence-electron chi connectivity index (χ1n) is 10.0. The van der Waals surface area contributed by atoms with Crippen LogP contribution in [0.5, 0.6) is 11.5 Å². The minimum Gasteiger partial charge on any atom is -0.493 e. The van der Waals surface area contributed by atoms with Gasteiger partial charge in [-0.1, -0.05) is 42.5 Å². The molecule has 3 aromatic carbocycles. The van der Waals surface area contributed by atoms with Crippen molar-refractivity contribution in [3.63, 3.8) is 0 Å². The molecule has 0 radical (unpaired) electrons. The summed E-state index contributed by atoms with van der Waals surface area (Å²) < 4.78 is 38.4. The number of nitrogens with zero attached hydrogens (tertiary/aromatic N) is 2. The zero-order valence-electron chi connectivity index (χ0n) is 18.6. The number of benzene rings is 3. The molecule has 172 valence electrons. The molecule has 0 saturated heterocycles. The van der Waals surface area contributed by atoms with E-state index in [2.05, 4.69) is 10.5 Å². The van der Waals surface area contributed by atoms with Crippen LogP contribution in [-0.2, 0) is 14.8 Å². The maximum atomic E-state index is 13.3. The SMILES string of the molecule is COc1cccc(/C=N\NC(=O)CN(c2ccccc2C)S(=O)(=O)c2ccccc2)c1OC. The number of ether oxygens (including phenoxy) is 2. The maximum absolute atomic E-state index is 13.3. The predicted octanol–water partition coefficient (Wildman–Crippen LogP) is 3.36. The summed E-state index contributed by atoms with van der Waals surface area (Å²) in [7, 11) is -0.960. The molecule has 1 amide bonds. The normalized spacial score (nSPS) is 11.2. The van der Waals surface area contributed by atoms with E-state index < -0.39 is 22.5 Å². The molecule has 0 spiro atoms. The number of methoxy groups -OCH3 is 2. The molecule has 8 nitrogen and oxygen atoms in total.